The Morgan fingerprint density at radius 2 is 1.92 bits per heavy atom. The molecule has 51 heavy (non-hydrogen) atoms. The number of aromatic nitrogens is 1. The molecule has 2 aliphatic carbocycles. The lowest BCUT2D eigenvalue weighted by molar-refractivity contribution is -0.141. The number of carbonyl (C=O) groups is 4. The van der Waals surface area contributed by atoms with Crippen LogP contribution in [0.5, 0.6) is 11.6 Å². The number of nitrogens with zero attached hydrogens (tertiary/aromatic N) is 2. The van der Waals surface area contributed by atoms with Crippen molar-refractivity contribution in [2.75, 3.05) is 26.9 Å². The van der Waals surface area contributed by atoms with E-state index in [4.69, 9.17) is 18.9 Å². The molecule has 276 valence electrons. The van der Waals surface area contributed by atoms with E-state index < -0.39 is 74.3 Å². The van der Waals surface area contributed by atoms with Gasteiger partial charge in [0, 0.05) is 30.5 Å². The Hall–Kier alpha value is -4.44. The number of alkyl carbamates (subject to hydrolysis) is 1. The van der Waals surface area contributed by atoms with E-state index in [1.54, 1.807) is 52.3 Å². The van der Waals surface area contributed by atoms with Crippen molar-refractivity contribution in [3.05, 3.63) is 42.6 Å². The van der Waals surface area contributed by atoms with Crippen LogP contribution in [0.15, 0.2) is 42.6 Å². The fraction of sp³-hybridized carbons (Fsp3) is 0.571. The van der Waals surface area contributed by atoms with E-state index >= 15 is 0 Å². The third-order valence-corrected chi connectivity index (χ3v) is 11.2. The fourth-order valence-corrected chi connectivity index (χ4v) is 7.88. The molecular weight excluding hydrogens is 682 g/mol. The van der Waals surface area contributed by atoms with Gasteiger partial charge < -0.3 is 34.5 Å². The summed E-state index contributed by atoms with van der Waals surface area (Å²) in [5.74, 6) is -1.57. The van der Waals surface area contributed by atoms with Gasteiger partial charge in [-0.25, -0.2) is 18.2 Å². The quantitative estimate of drug-likeness (QED) is 0.355. The van der Waals surface area contributed by atoms with Gasteiger partial charge in [0.25, 0.3) is 5.91 Å². The number of methoxy groups -OCH3 is 1. The van der Waals surface area contributed by atoms with Crippen LogP contribution >= 0.6 is 0 Å². The van der Waals surface area contributed by atoms with Crippen LogP contribution in [0, 0.1) is 5.92 Å². The zero-order valence-electron chi connectivity index (χ0n) is 29.2. The number of hydrogen-bond donors (Lipinski definition) is 3. The van der Waals surface area contributed by atoms with Crippen molar-refractivity contribution in [2.24, 2.45) is 5.92 Å². The summed E-state index contributed by atoms with van der Waals surface area (Å²) >= 11 is 0. The first-order valence-corrected chi connectivity index (χ1v) is 18.8. The average molecular weight is 728 g/mol. The van der Waals surface area contributed by atoms with Crippen molar-refractivity contribution in [3.8, 4) is 11.6 Å². The maximum Gasteiger partial charge on any atom is 0.408 e. The van der Waals surface area contributed by atoms with Gasteiger partial charge in [0.2, 0.25) is 27.7 Å². The largest absolute Gasteiger partial charge is 0.497 e. The second-order valence-corrected chi connectivity index (χ2v) is 16.4. The monoisotopic (exact) mass is 727 g/mol. The van der Waals surface area contributed by atoms with Crippen molar-refractivity contribution in [2.45, 2.75) is 93.9 Å². The summed E-state index contributed by atoms with van der Waals surface area (Å²) in [5.41, 5.74) is -2.37. The van der Waals surface area contributed by atoms with Gasteiger partial charge in [-0.05, 0) is 82.5 Å². The van der Waals surface area contributed by atoms with Crippen LogP contribution < -0.4 is 24.8 Å². The van der Waals surface area contributed by atoms with Gasteiger partial charge in [-0.1, -0.05) is 12.2 Å². The zero-order chi connectivity index (χ0) is 36.6. The van der Waals surface area contributed by atoms with Crippen molar-refractivity contribution in [1.29, 1.82) is 0 Å². The van der Waals surface area contributed by atoms with Crippen LogP contribution in [0.2, 0.25) is 0 Å². The van der Waals surface area contributed by atoms with E-state index in [2.05, 4.69) is 20.3 Å². The minimum atomic E-state index is -3.91. The third kappa shape index (κ3) is 8.38. The molecule has 3 fully saturated rings. The highest BCUT2D eigenvalue weighted by atomic mass is 32.2. The first-order chi connectivity index (χ1) is 24.2. The number of nitrogens with one attached hydrogen (secondary N) is 3. The standard InChI is InChI=1S/C35H45N5O10S/c1-34(2,3)50-33(44)37-27-8-6-16-48-15-5-7-22-19-35(22,32(43)39-51(45,46)25-10-11-25)38-29(41)28-18-24(20-40(28)31(27)42)49-30-26-12-9-23(47-4)17-21(26)13-14-36-30/h5,7,9,12-14,17,22,24-25,27-28H,6,8,10-11,15-16,18-20H2,1-4H3,(H,37,44)(H,38,41)(H,39,43)/t22-,24-,27+,28+,35-/m1/s1. The minimum absolute atomic E-state index is 0.0344. The summed E-state index contributed by atoms with van der Waals surface area (Å²) in [4.78, 5) is 60.9. The third-order valence-electron chi connectivity index (χ3n) is 9.38. The first kappa shape index (κ1) is 36.4. The molecule has 6 rings (SSSR count). The summed E-state index contributed by atoms with van der Waals surface area (Å²) in [5, 5.41) is 6.37. The Balaban J connectivity index is 1.30. The van der Waals surface area contributed by atoms with Crippen molar-refractivity contribution in [3.63, 3.8) is 0 Å². The molecule has 0 unspecified atom stereocenters. The lowest BCUT2D eigenvalue weighted by Gasteiger charge is -2.30. The number of carbonyl (C=O) groups excluding carboxylic acids is 4. The molecule has 3 heterocycles. The number of ether oxygens (including phenoxy) is 4. The van der Waals surface area contributed by atoms with Gasteiger partial charge in [0.15, 0.2) is 0 Å². The molecule has 3 N–H and O–H groups in total. The maximum atomic E-state index is 14.3. The van der Waals surface area contributed by atoms with E-state index in [-0.39, 0.29) is 39.0 Å². The summed E-state index contributed by atoms with van der Waals surface area (Å²) < 4.78 is 50.6. The number of benzene rings is 1. The van der Waals surface area contributed by atoms with Gasteiger partial charge >= 0.3 is 6.09 Å². The molecule has 5 atom stereocenters. The van der Waals surface area contributed by atoms with Crippen molar-refractivity contribution >= 4 is 44.6 Å². The molecule has 16 heteroatoms. The highest BCUT2D eigenvalue weighted by Gasteiger charge is 2.62. The van der Waals surface area contributed by atoms with Gasteiger partial charge in [-0.2, -0.15) is 0 Å². The minimum Gasteiger partial charge on any atom is -0.497 e. The molecule has 1 aromatic heterocycles. The van der Waals surface area contributed by atoms with E-state index in [1.165, 1.54) is 4.90 Å². The van der Waals surface area contributed by atoms with E-state index in [0.717, 1.165) is 5.39 Å². The number of fused-ring (bicyclic) bond motifs is 3. The number of rotatable bonds is 7. The molecule has 0 bridgehead atoms. The van der Waals surface area contributed by atoms with Gasteiger partial charge in [0.1, 0.15) is 35.1 Å². The Morgan fingerprint density at radius 1 is 1.14 bits per heavy atom. The van der Waals surface area contributed by atoms with Crippen LogP contribution in [-0.4, -0.2) is 104 Å². The number of hydrogen-bond acceptors (Lipinski definition) is 11. The molecule has 1 aromatic carbocycles. The fourth-order valence-electron chi connectivity index (χ4n) is 6.52. The Labute approximate surface area is 296 Å². The second kappa shape index (κ2) is 14.3. The molecule has 2 aliphatic heterocycles. The van der Waals surface area contributed by atoms with Gasteiger partial charge in [-0.15, -0.1) is 0 Å². The molecule has 1 saturated heterocycles. The Bertz CT molecular complexity index is 1820. The molecule has 0 spiro atoms. The Morgan fingerprint density at radius 3 is 2.65 bits per heavy atom. The van der Waals surface area contributed by atoms with Gasteiger partial charge in [-0.3, -0.25) is 19.1 Å². The van der Waals surface area contributed by atoms with Crippen LogP contribution in [0.4, 0.5) is 4.79 Å². The topological polar surface area (TPSA) is 192 Å². The SMILES string of the molecule is COc1ccc2c(O[C@@H]3C[C@H]4C(=O)N[C@]5(C(=O)NS(=O)(=O)C6CC6)C[C@H]5C=CCOCCC[C@H](NC(=O)OC(C)(C)C)C(=O)N4C3)nccc2c1. The average Bonchev–Trinajstić information content (AvgIpc) is 3.99. The molecule has 2 saturated carbocycles. The number of sulfonamides is 1. The maximum absolute atomic E-state index is 14.3. The first-order valence-electron chi connectivity index (χ1n) is 17.2. The molecular formula is C35H45N5O10S. The summed E-state index contributed by atoms with van der Waals surface area (Å²) in [6.45, 7) is 5.55. The molecule has 0 radical (unpaired) electrons. The van der Waals surface area contributed by atoms with E-state index in [1.807, 2.05) is 18.2 Å². The van der Waals surface area contributed by atoms with Crippen LogP contribution in [0.3, 0.4) is 0 Å². The zero-order valence-corrected chi connectivity index (χ0v) is 30.0. The predicted octanol–water partition coefficient (Wildman–Crippen LogP) is 2.33. The van der Waals surface area contributed by atoms with E-state index in [9.17, 15) is 27.6 Å². The molecule has 4 amide bonds. The van der Waals surface area contributed by atoms with Gasteiger partial charge in [0.05, 0.1) is 25.5 Å². The lowest BCUT2D eigenvalue weighted by atomic mass is 10.1. The van der Waals surface area contributed by atoms with Crippen molar-refractivity contribution in [1.82, 2.24) is 25.2 Å². The predicted molar refractivity (Wildman–Crippen MR) is 184 cm³/mol. The molecule has 2 aromatic rings. The summed E-state index contributed by atoms with van der Waals surface area (Å²) in [6.07, 6.45) is 5.26. The molecule has 4 aliphatic rings. The highest BCUT2D eigenvalue weighted by Crippen LogP contribution is 2.46. The van der Waals surface area contributed by atoms with Crippen LogP contribution in [-0.2, 0) is 33.9 Å². The highest BCUT2D eigenvalue weighted by molar-refractivity contribution is 7.91. The second-order valence-electron chi connectivity index (χ2n) is 14.5. The summed E-state index contributed by atoms with van der Waals surface area (Å²) in [7, 11) is -2.34. The van der Waals surface area contributed by atoms with Crippen LogP contribution in [0.25, 0.3) is 10.8 Å². The Kier molecular flexibility index (Phi) is 10.2. The van der Waals surface area contributed by atoms with Crippen molar-refractivity contribution < 1.29 is 46.5 Å². The van der Waals surface area contributed by atoms with Crippen LogP contribution in [0.1, 0.15) is 59.3 Å². The normalized spacial score (nSPS) is 27.3. The van der Waals surface area contributed by atoms with E-state index in [0.29, 0.717) is 36.3 Å². The number of amides is 4. The number of pyridine rings is 1. The lowest BCUT2D eigenvalue weighted by Crippen LogP contribution is -2.58. The smallest absolute Gasteiger partial charge is 0.408 e. The molecule has 15 nitrogen and oxygen atoms in total. The summed E-state index contributed by atoms with van der Waals surface area (Å²) in [6, 6.07) is 5.03.